The van der Waals surface area contributed by atoms with Gasteiger partial charge in [0, 0.05) is 56.9 Å². The zero-order chi connectivity index (χ0) is 16.4. The van der Waals surface area contributed by atoms with E-state index in [9.17, 15) is 4.79 Å². The SMILES string of the molecule is O=c1cc(CN2CCNCC2c2cccnc2)nc2ccccn12. The molecule has 3 aromatic rings. The molecule has 1 aliphatic heterocycles. The van der Waals surface area contributed by atoms with Gasteiger partial charge in [0.25, 0.3) is 5.56 Å². The van der Waals surface area contributed by atoms with Crippen LogP contribution >= 0.6 is 0 Å². The number of rotatable bonds is 3. The molecule has 4 rings (SSSR count). The zero-order valence-electron chi connectivity index (χ0n) is 13.3. The standard InChI is InChI=1S/C18H19N5O/c24-18-10-15(21-17-5-1-2-8-23(17)18)13-22-9-7-20-12-16(22)14-4-3-6-19-11-14/h1-6,8,10-11,16,20H,7,9,12-13H2. The number of hydrogen-bond donors (Lipinski definition) is 1. The second kappa shape index (κ2) is 6.51. The third-order valence-corrected chi connectivity index (χ3v) is 4.41. The van der Waals surface area contributed by atoms with Crippen molar-refractivity contribution in [2.75, 3.05) is 19.6 Å². The lowest BCUT2D eigenvalue weighted by atomic mass is 10.1. The van der Waals surface area contributed by atoms with Gasteiger partial charge in [-0.2, -0.15) is 0 Å². The molecule has 0 amide bonds. The van der Waals surface area contributed by atoms with E-state index < -0.39 is 0 Å². The van der Waals surface area contributed by atoms with Crippen LogP contribution in [0.25, 0.3) is 5.65 Å². The van der Waals surface area contributed by atoms with Crippen LogP contribution < -0.4 is 10.9 Å². The van der Waals surface area contributed by atoms with E-state index in [2.05, 4.69) is 26.3 Å². The molecule has 1 atom stereocenters. The monoisotopic (exact) mass is 321 g/mol. The minimum absolute atomic E-state index is 0.0383. The van der Waals surface area contributed by atoms with Crippen molar-refractivity contribution in [3.05, 3.63) is 76.6 Å². The minimum atomic E-state index is -0.0383. The van der Waals surface area contributed by atoms with Crippen molar-refractivity contribution in [2.45, 2.75) is 12.6 Å². The summed E-state index contributed by atoms with van der Waals surface area (Å²) in [6.07, 6.45) is 5.45. The molecular formula is C18H19N5O. The summed E-state index contributed by atoms with van der Waals surface area (Å²) in [7, 11) is 0. The zero-order valence-corrected chi connectivity index (χ0v) is 13.3. The molecule has 6 heteroatoms. The molecule has 0 bridgehead atoms. The number of nitrogens with one attached hydrogen (secondary N) is 1. The van der Waals surface area contributed by atoms with Crippen LogP contribution in [0.3, 0.4) is 0 Å². The van der Waals surface area contributed by atoms with Crippen LogP contribution in [0.2, 0.25) is 0 Å². The van der Waals surface area contributed by atoms with Crippen molar-refractivity contribution in [2.24, 2.45) is 0 Å². The highest BCUT2D eigenvalue weighted by Crippen LogP contribution is 2.22. The molecule has 122 valence electrons. The Morgan fingerprint density at radius 3 is 3.08 bits per heavy atom. The fourth-order valence-electron chi connectivity index (χ4n) is 3.23. The van der Waals surface area contributed by atoms with Gasteiger partial charge in [-0.1, -0.05) is 12.1 Å². The number of nitrogens with zero attached hydrogens (tertiary/aromatic N) is 4. The van der Waals surface area contributed by atoms with Crippen molar-refractivity contribution >= 4 is 5.65 Å². The highest BCUT2D eigenvalue weighted by molar-refractivity contribution is 5.38. The second-order valence-corrected chi connectivity index (χ2v) is 5.99. The first-order valence-corrected chi connectivity index (χ1v) is 8.13. The Bertz CT molecular complexity index is 893. The average Bonchev–Trinajstić information content (AvgIpc) is 2.63. The van der Waals surface area contributed by atoms with Crippen molar-refractivity contribution in [3.63, 3.8) is 0 Å². The van der Waals surface area contributed by atoms with Crippen molar-refractivity contribution < 1.29 is 0 Å². The predicted octanol–water partition coefficient (Wildman–Crippen LogP) is 1.24. The number of hydrogen-bond acceptors (Lipinski definition) is 5. The molecule has 1 saturated heterocycles. The van der Waals surface area contributed by atoms with E-state index in [1.165, 1.54) is 5.56 Å². The maximum absolute atomic E-state index is 12.3. The highest BCUT2D eigenvalue weighted by atomic mass is 16.1. The number of pyridine rings is 2. The highest BCUT2D eigenvalue weighted by Gasteiger charge is 2.24. The minimum Gasteiger partial charge on any atom is -0.314 e. The van der Waals surface area contributed by atoms with Crippen LogP contribution in [0.15, 0.2) is 59.8 Å². The molecule has 1 fully saturated rings. The quantitative estimate of drug-likeness (QED) is 0.786. The number of fused-ring (bicyclic) bond motifs is 1. The van der Waals surface area contributed by atoms with Crippen molar-refractivity contribution in [3.8, 4) is 0 Å². The molecule has 6 nitrogen and oxygen atoms in total. The van der Waals surface area contributed by atoms with Gasteiger partial charge in [-0.15, -0.1) is 0 Å². The molecule has 0 aromatic carbocycles. The second-order valence-electron chi connectivity index (χ2n) is 5.99. The summed E-state index contributed by atoms with van der Waals surface area (Å²) < 4.78 is 1.57. The van der Waals surface area contributed by atoms with Crippen LogP contribution in [-0.4, -0.2) is 38.9 Å². The van der Waals surface area contributed by atoms with E-state index in [1.807, 2.05) is 30.5 Å². The van der Waals surface area contributed by atoms with Gasteiger partial charge in [-0.25, -0.2) is 4.98 Å². The molecule has 1 unspecified atom stereocenters. The average molecular weight is 321 g/mol. The predicted molar refractivity (Wildman–Crippen MR) is 91.7 cm³/mol. The summed E-state index contributed by atoms with van der Waals surface area (Å²) in [4.78, 5) is 23.5. The normalized spacial score (nSPS) is 18.8. The third kappa shape index (κ3) is 2.93. The molecule has 3 aromatic heterocycles. The first-order chi connectivity index (χ1) is 11.8. The summed E-state index contributed by atoms with van der Waals surface area (Å²) in [6, 6.07) is 11.5. The molecule has 0 aliphatic carbocycles. The van der Waals surface area contributed by atoms with Gasteiger partial charge in [-0.05, 0) is 23.8 Å². The molecule has 0 spiro atoms. The van der Waals surface area contributed by atoms with Crippen LogP contribution in [0, 0.1) is 0 Å². The lowest BCUT2D eigenvalue weighted by Crippen LogP contribution is -2.45. The summed E-state index contributed by atoms with van der Waals surface area (Å²) in [5.41, 5.74) is 2.64. The molecule has 4 heterocycles. The topological polar surface area (TPSA) is 62.5 Å². The molecule has 0 radical (unpaired) electrons. The largest absolute Gasteiger partial charge is 0.314 e. The Balaban J connectivity index is 1.64. The van der Waals surface area contributed by atoms with Crippen molar-refractivity contribution in [1.82, 2.24) is 24.6 Å². The van der Waals surface area contributed by atoms with Gasteiger partial charge in [0.2, 0.25) is 0 Å². The van der Waals surface area contributed by atoms with Crippen LogP contribution in [0.4, 0.5) is 0 Å². The van der Waals surface area contributed by atoms with Gasteiger partial charge in [0.05, 0.1) is 5.69 Å². The van der Waals surface area contributed by atoms with E-state index in [1.54, 1.807) is 22.9 Å². The maximum atomic E-state index is 12.3. The Kier molecular flexibility index (Phi) is 4.06. The fraction of sp³-hybridized carbons (Fsp3) is 0.278. The molecule has 24 heavy (non-hydrogen) atoms. The van der Waals surface area contributed by atoms with E-state index >= 15 is 0 Å². The Labute approximate surface area is 139 Å². The number of aromatic nitrogens is 3. The van der Waals surface area contributed by atoms with Gasteiger partial charge in [0.15, 0.2) is 0 Å². The Hall–Kier alpha value is -2.57. The van der Waals surface area contributed by atoms with Crippen LogP contribution in [0.1, 0.15) is 17.3 Å². The summed E-state index contributed by atoms with van der Waals surface area (Å²) in [5, 5.41) is 3.43. The van der Waals surface area contributed by atoms with Gasteiger partial charge >= 0.3 is 0 Å². The summed E-state index contributed by atoms with van der Waals surface area (Å²) in [6.45, 7) is 3.37. The summed E-state index contributed by atoms with van der Waals surface area (Å²) >= 11 is 0. The summed E-state index contributed by atoms with van der Waals surface area (Å²) in [5.74, 6) is 0. The number of piperazine rings is 1. The Morgan fingerprint density at radius 2 is 2.21 bits per heavy atom. The van der Waals surface area contributed by atoms with E-state index in [0.717, 1.165) is 25.3 Å². The first kappa shape index (κ1) is 15.0. The van der Waals surface area contributed by atoms with E-state index in [4.69, 9.17) is 0 Å². The maximum Gasteiger partial charge on any atom is 0.258 e. The van der Waals surface area contributed by atoms with Crippen LogP contribution in [0.5, 0.6) is 0 Å². The fourth-order valence-corrected chi connectivity index (χ4v) is 3.23. The first-order valence-electron chi connectivity index (χ1n) is 8.13. The van der Waals surface area contributed by atoms with Gasteiger partial charge in [-0.3, -0.25) is 19.1 Å². The van der Waals surface area contributed by atoms with Crippen molar-refractivity contribution in [1.29, 1.82) is 0 Å². The third-order valence-electron chi connectivity index (χ3n) is 4.41. The van der Waals surface area contributed by atoms with Gasteiger partial charge in [0.1, 0.15) is 5.65 Å². The smallest absolute Gasteiger partial charge is 0.258 e. The van der Waals surface area contributed by atoms with E-state index in [-0.39, 0.29) is 11.6 Å². The molecule has 1 N–H and O–H groups in total. The lowest BCUT2D eigenvalue weighted by Gasteiger charge is -2.36. The molecular weight excluding hydrogens is 302 g/mol. The van der Waals surface area contributed by atoms with Gasteiger partial charge < -0.3 is 5.32 Å². The molecule has 0 saturated carbocycles. The lowest BCUT2D eigenvalue weighted by molar-refractivity contribution is 0.151. The van der Waals surface area contributed by atoms with Crippen LogP contribution in [-0.2, 0) is 6.54 Å². The molecule has 1 aliphatic rings. The van der Waals surface area contributed by atoms with E-state index in [0.29, 0.717) is 12.2 Å². The Morgan fingerprint density at radius 1 is 1.25 bits per heavy atom.